The molecule has 0 bridgehead atoms. The van der Waals surface area contributed by atoms with Crippen LogP contribution in [-0.2, 0) is 11.2 Å². The van der Waals surface area contributed by atoms with E-state index in [0.29, 0.717) is 18.7 Å². The Bertz CT molecular complexity index is 523. The lowest BCUT2D eigenvalue weighted by Crippen LogP contribution is -2.23. The zero-order chi connectivity index (χ0) is 12.8. The summed E-state index contributed by atoms with van der Waals surface area (Å²) in [4.78, 5) is 11.5. The van der Waals surface area contributed by atoms with Crippen molar-refractivity contribution >= 4 is 12.0 Å². The van der Waals surface area contributed by atoms with Gasteiger partial charge in [0, 0.05) is 19.0 Å². The number of carbonyl (C=O) groups is 1. The second-order valence-electron chi connectivity index (χ2n) is 3.90. The molecule has 0 saturated heterocycles. The predicted molar refractivity (Wildman–Crippen MR) is 67.9 cm³/mol. The maximum atomic E-state index is 11.5. The molecular weight excluding hydrogens is 230 g/mol. The molecule has 0 aliphatic heterocycles. The number of aryl methyl sites for hydroxylation is 1. The number of rotatable bonds is 5. The summed E-state index contributed by atoms with van der Waals surface area (Å²) in [6.45, 7) is 2.41. The molecule has 2 aromatic heterocycles. The molecule has 0 aliphatic carbocycles. The third-order valence-electron chi connectivity index (χ3n) is 2.41. The van der Waals surface area contributed by atoms with Crippen LogP contribution < -0.4 is 5.32 Å². The van der Waals surface area contributed by atoms with Gasteiger partial charge in [-0.05, 0) is 37.3 Å². The van der Waals surface area contributed by atoms with Gasteiger partial charge in [0.15, 0.2) is 0 Å². The SMILES string of the molecule is Cc1ccc(/C=C\C(=O)NCCc2ccco2)o1. The number of amides is 1. The van der Waals surface area contributed by atoms with Gasteiger partial charge in [0.1, 0.15) is 17.3 Å². The van der Waals surface area contributed by atoms with E-state index in [1.54, 1.807) is 12.3 Å². The van der Waals surface area contributed by atoms with Crippen molar-refractivity contribution in [1.29, 1.82) is 0 Å². The smallest absolute Gasteiger partial charge is 0.244 e. The van der Waals surface area contributed by atoms with Gasteiger partial charge in [0.25, 0.3) is 0 Å². The second kappa shape index (κ2) is 5.91. The molecule has 2 heterocycles. The first-order valence-corrected chi connectivity index (χ1v) is 5.79. The van der Waals surface area contributed by atoms with Crippen molar-refractivity contribution in [3.8, 4) is 0 Å². The molecule has 4 nitrogen and oxygen atoms in total. The molecule has 1 N–H and O–H groups in total. The summed E-state index contributed by atoms with van der Waals surface area (Å²) < 4.78 is 10.5. The molecule has 1 amide bonds. The maximum absolute atomic E-state index is 11.5. The molecule has 0 aromatic carbocycles. The van der Waals surface area contributed by atoms with Crippen LogP contribution in [0.1, 0.15) is 17.3 Å². The molecule has 4 heteroatoms. The summed E-state index contributed by atoms with van der Waals surface area (Å²) in [7, 11) is 0. The predicted octanol–water partition coefficient (Wildman–Crippen LogP) is 2.55. The Kier molecular flexibility index (Phi) is 4.02. The van der Waals surface area contributed by atoms with Crippen LogP contribution in [0.5, 0.6) is 0 Å². The van der Waals surface area contributed by atoms with Crippen LogP contribution in [0.15, 0.2) is 45.4 Å². The van der Waals surface area contributed by atoms with Gasteiger partial charge in [-0.25, -0.2) is 0 Å². The molecule has 2 rings (SSSR count). The molecule has 2 aromatic rings. The quantitative estimate of drug-likeness (QED) is 0.823. The van der Waals surface area contributed by atoms with Crippen molar-refractivity contribution in [3.05, 3.63) is 53.9 Å². The van der Waals surface area contributed by atoms with Crippen molar-refractivity contribution in [2.24, 2.45) is 0 Å². The first-order valence-electron chi connectivity index (χ1n) is 5.79. The van der Waals surface area contributed by atoms with Crippen molar-refractivity contribution in [2.75, 3.05) is 6.54 Å². The summed E-state index contributed by atoms with van der Waals surface area (Å²) in [5, 5.41) is 2.77. The molecule has 0 unspecified atom stereocenters. The minimum atomic E-state index is -0.143. The van der Waals surface area contributed by atoms with E-state index >= 15 is 0 Å². The average Bonchev–Trinajstić information content (AvgIpc) is 2.98. The number of hydrogen-bond acceptors (Lipinski definition) is 3. The largest absolute Gasteiger partial charge is 0.469 e. The highest BCUT2D eigenvalue weighted by Gasteiger charge is 1.99. The van der Waals surface area contributed by atoms with Crippen LogP contribution in [0.2, 0.25) is 0 Å². The van der Waals surface area contributed by atoms with E-state index in [2.05, 4.69) is 5.32 Å². The number of carbonyl (C=O) groups excluding carboxylic acids is 1. The van der Waals surface area contributed by atoms with Crippen LogP contribution in [-0.4, -0.2) is 12.5 Å². The van der Waals surface area contributed by atoms with Gasteiger partial charge in [-0.15, -0.1) is 0 Å². The van der Waals surface area contributed by atoms with Crippen LogP contribution in [0.25, 0.3) is 6.08 Å². The molecule has 0 atom stereocenters. The molecule has 94 valence electrons. The number of nitrogens with one attached hydrogen (secondary N) is 1. The number of hydrogen-bond donors (Lipinski definition) is 1. The molecule has 18 heavy (non-hydrogen) atoms. The minimum Gasteiger partial charge on any atom is -0.469 e. The van der Waals surface area contributed by atoms with E-state index in [9.17, 15) is 4.79 Å². The van der Waals surface area contributed by atoms with Crippen LogP contribution in [0.4, 0.5) is 0 Å². The third kappa shape index (κ3) is 3.66. The lowest BCUT2D eigenvalue weighted by atomic mass is 10.3. The summed E-state index contributed by atoms with van der Waals surface area (Å²) >= 11 is 0. The molecule has 0 fully saturated rings. The monoisotopic (exact) mass is 245 g/mol. The highest BCUT2D eigenvalue weighted by Crippen LogP contribution is 2.07. The van der Waals surface area contributed by atoms with Gasteiger partial charge in [0.2, 0.25) is 5.91 Å². The van der Waals surface area contributed by atoms with Crippen molar-refractivity contribution < 1.29 is 13.6 Å². The van der Waals surface area contributed by atoms with E-state index in [-0.39, 0.29) is 5.91 Å². The van der Waals surface area contributed by atoms with Crippen molar-refractivity contribution in [3.63, 3.8) is 0 Å². The van der Waals surface area contributed by atoms with Gasteiger partial charge in [-0.3, -0.25) is 4.79 Å². The molecule has 0 saturated carbocycles. The van der Waals surface area contributed by atoms with Gasteiger partial charge in [-0.1, -0.05) is 0 Å². The van der Waals surface area contributed by atoms with Gasteiger partial charge >= 0.3 is 0 Å². The van der Waals surface area contributed by atoms with Crippen molar-refractivity contribution in [1.82, 2.24) is 5.32 Å². The third-order valence-corrected chi connectivity index (χ3v) is 2.41. The normalized spacial score (nSPS) is 10.9. The first-order chi connectivity index (χ1) is 8.74. The second-order valence-corrected chi connectivity index (χ2v) is 3.90. The Morgan fingerprint density at radius 3 is 2.94 bits per heavy atom. The molecule has 0 spiro atoms. The van der Waals surface area contributed by atoms with Gasteiger partial charge < -0.3 is 14.2 Å². The summed E-state index contributed by atoms with van der Waals surface area (Å²) in [6.07, 6.45) is 5.42. The minimum absolute atomic E-state index is 0.143. The molecule has 0 radical (unpaired) electrons. The van der Waals surface area contributed by atoms with E-state index in [1.807, 2.05) is 31.2 Å². The Morgan fingerprint density at radius 2 is 2.28 bits per heavy atom. The first kappa shape index (κ1) is 12.2. The Labute approximate surface area is 105 Å². The zero-order valence-electron chi connectivity index (χ0n) is 10.2. The highest BCUT2D eigenvalue weighted by atomic mass is 16.3. The van der Waals surface area contributed by atoms with Crippen molar-refractivity contribution in [2.45, 2.75) is 13.3 Å². The Morgan fingerprint density at radius 1 is 1.39 bits per heavy atom. The Hall–Kier alpha value is -2.23. The lowest BCUT2D eigenvalue weighted by molar-refractivity contribution is -0.116. The summed E-state index contributed by atoms with van der Waals surface area (Å²) in [5.74, 6) is 2.22. The van der Waals surface area contributed by atoms with E-state index in [0.717, 1.165) is 11.5 Å². The number of furan rings is 2. The highest BCUT2D eigenvalue weighted by molar-refractivity contribution is 5.91. The van der Waals surface area contributed by atoms with Gasteiger partial charge in [-0.2, -0.15) is 0 Å². The maximum Gasteiger partial charge on any atom is 0.244 e. The average molecular weight is 245 g/mol. The van der Waals surface area contributed by atoms with Crippen LogP contribution in [0.3, 0.4) is 0 Å². The lowest BCUT2D eigenvalue weighted by Gasteiger charge is -1.99. The van der Waals surface area contributed by atoms with Gasteiger partial charge in [0.05, 0.1) is 6.26 Å². The fraction of sp³-hybridized carbons (Fsp3) is 0.214. The Balaban J connectivity index is 1.73. The molecule has 0 aliphatic rings. The van der Waals surface area contributed by atoms with E-state index in [1.165, 1.54) is 6.08 Å². The zero-order valence-corrected chi connectivity index (χ0v) is 10.2. The summed E-state index contributed by atoms with van der Waals surface area (Å²) in [6, 6.07) is 7.39. The fourth-order valence-electron chi connectivity index (χ4n) is 1.52. The van der Waals surface area contributed by atoms with Crippen LogP contribution in [0, 0.1) is 6.92 Å². The topological polar surface area (TPSA) is 55.4 Å². The van der Waals surface area contributed by atoms with E-state index in [4.69, 9.17) is 8.83 Å². The summed E-state index contributed by atoms with van der Waals surface area (Å²) in [5.41, 5.74) is 0. The standard InChI is InChI=1S/C14H15NO3/c1-11-4-5-13(18-11)6-7-14(16)15-9-8-12-3-2-10-17-12/h2-7,10H,8-9H2,1H3,(H,15,16)/b7-6-. The fourth-order valence-corrected chi connectivity index (χ4v) is 1.52. The van der Waals surface area contributed by atoms with Crippen LogP contribution >= 0.6 is 0 Å². The molecular formula is C14H15NO3. The van der Waals surface area contributed by atoms with E-state index < -0.39 is 0 Å².